The van der Waals surface area contributed by atoms with Crippen LogP contribution in [0.1, 0.15) is 5.76 Å². The van der Waals surface area contributed by atoms with Gasteiger partial charge in [-0.15, -0.1) is 10.2 Å². The number of furan rings is 1. The number of hydrogen-bond donors (Lipinski definition) is 0. The maximum atomic E-state index is 13.1. The van der Waals surface area contributed by atoms with E-state index in [1.807, 2.05) is 78.3 Å². The molecule has 2 aromatic heterocycles. The highest BCUT2D eigenvalue weighted by Crippen LogP contribution is 2.30. The summed E-state index contributed by atoms with van der Waals surface area (Å²) in [5, 5.41) is 9.24. The first-order chi connectivity index (χ1) is 15.2. The van der Waals surface area contributed by atoms with Crippen LogP contribution in [0.25, 0.3) is 11.4 Å². The SMILES string of the molecule is COc1ccccc1-c1nnc(SCC(=O)N(Cc2ccco2)c2ccccc2)n1C. The van der Waals surface area contributed by atoms with Crippen molar-refractivity contribution in [3.63, 3.8) is 0 Å². The lowest BCUT2D eigenvalue weighted by molar-refractivity contribution is -0.116. The minimum absolute atomic E-state index is 0.0468. The Hall–Kier alpha value is -3.52. The molecule has 0 atom stereocenters. The number of amides is 1. The molecule has 0 bridgehead atoms. The van der Waals surface area contributed by atoms with Gasteiger partial charge in [-0.05, 0) is 36.4 Å². The third-order valence-electron chi connectivity index (χ3n) is 4.77. The molecule has 0 aliphatic heterocycles. The van der Waals surface area contributed by atoms with Crippen molar-refractivity contribution in [2.75, 3.05) is 17.8 Å². The van der Waals surface area contributed by atoms with Crippen LogP contribution in [0.3, 0.4) is 0 Å². The number of methoxy groups -OCH3 is 1. The fourth-order valence-corrected chi connectivity index (χ4v) is 3.99. The van der Waals surface area contributed by atoms with Gasteiger partial charge in [-0.3, -0.25) is 4.79 Å². The summed E-state index contributed by atoms with van der Waals surface area (Å²) in [7, 11) is 3.51. The molecule has 31 heavy (non-hydrogen) atoms. The largest absolute Gasteiger partial charge is 0.496 e. The van der Waals surface area contributed by atoms with Gasteiger partial charge in [0.05, 0.1) is 31.2 Å². The number of carbonyl (C=O) groups excluding carboxylic acids is 1. The number of anilines is 1. The van der Waals surface area contributed by atoms with E-state index in [9.17, 15) is 4.79 Å². The predicted octanol–water partition coefficient (Wildman–Crippen LogP) is 4.41. The highest BCUT2D eigenvalue weighted by molar-refractivity contribution is 7.99. The molecule has 0 spiro atoms. The first-order valence-corrected chi connectivity index (χ1v) is 10.7. The van der Waals surface area contributed by atoms with Gasteiger partial charge in [0.15, 0.2) is 11.0 Å². The molecular formula is C23H22N4O3S. The average Bonchev–Trinajstić information content (AvgIpc) is 3.46. The Morgan fingerprint density at radius 3 is 2.58 bits per heavy atom. The van der Waals surface area contributed by atoms with Gasteiger partial charge in [0.2, 0.25) is 5.91 Å². The van der Waals surface area contributed by atoms with E-state index in [2.05, 4.69) is 10.2 Å². The van der Waals surface area contributed by atoms with E-state index in [0.717, 1.165) is 22.8 Å². The summed E-state index contributed by atoms with van der Waals surface area (Å²) in [5.74, 6) is 2.30. The Bertz CT molecular complexity index is 1140. The van der Waals surface area contributed by atoms with Gasteiger partial charge in [-0.1, -0.05) is 42.1 Å². The predicted molar refractivity (Wildman–Crippen MR) is 120 cm³/mol. The molecule has 0 radical (unpaired) electrons. The van der Waals surface area contributed by atoms with Crippen LogP contribution in [-0.2, 0) is 18.4 Å². The van der Waals surface area contributed by atoms with E-state index in [1.54, 1.807) is 18.3 Å². The summed E-state index contributed by atoms with van der Waals surface area (Å²) in [6, 6.07) is 20.9. The Morgan fingerprint density at radius 1 is 1.06 bits per heavy atom. The van der Waals surface area contributed by atoms with E-state index < -0.39 is 0 Å². The molecule has 0 N–H and O–H groups in total. The molecule has 1 amide bonds. The minimum Gasteiger partial charge on any atom is -0.496 e. The molecule has 4 rings (SSSR count). The van der Waals surface area contributed by atoms with Gasteiger partial charge in [0, 0.05) is 12.7 Å². The molecule has 0 saturated carbocycles. The number of aromatic nitrogens is 3. The Balaban J connectivity index is 1.51. The Kier molecular flexibility index (Phi) is 6.37. The number of nitrogens with zero attached hydrogens (tertiary/aromatic N) is 4. The summed E-state index contributed by atoms with van der Waals surface area (Å²) in [4.78, 5) is 14.8. The number of thioether (sulfide) groups is 1. The van der Waals surface area contributed by atoms with Crippen molar-refractivity contribution >= 4 is 23.4 Å². The van der Waals surface area contributed by atoms with Gasteiger partial charge in [0.25, 0.3) is 0 Å². The standard InChI is InChI=1S/C23H22N4O3S/c1-26-22(19-12-6-7-13-20(19)29-2)24-25-23(26)31-16-21(28)27(15-18-11-8-14-30-18)17-9-4-3-5-10-17/h3-14H,15-16H2,1-2H3. The van der Waals surface area contributed by atoms with E-state index in [0.29, 0.717) is 17.5 Å². The first-order valence-electron chi connectivity index (χ1n) is 9.70. The highest BCUT2D eigenvalue weighted by Gasteiger charge is 2.20. The maximum absolute atomic E-state index is 13.1. The van der Waals surface area contributed by atoms with Gasteiger partial charge >= 0.3 is 0 Å². The van der Waals surface area contributed by atoms with E-state index in [-0.39, 0.29) is 11.7 Å². The van der Waals surface area contributed by atoms with Crippen LogP contribution >= 0.6 is 11.8 Å². The molecule has 2 heterocycles. The Morgan fingerprint density at radius 2 is 1.84 bits per heavy atom. The van der Waals surface area contributed by atoms with Crippen molar-refractivity contribution in [2.45, 2.75) is 11.7 Å². The zero-order valence-electron chi connectivity index (χ0n) is 17.3. The molecule has 0 fully saturated rings. The van der Waals surface area contributed by atoms with E-state index >= 15 is 0 Å². The van der Waals surface area contributed by atoms with Crippen molar-refractivity contribution in [3.05, 3.63) is 78.8 Å². The Labute approximate surface area is 184 Å². The zero-order valence-corrected chi connectivity index (χ0v) is 18.1. The molecule has 0 unspecified atom stereocenters. The number of carbonyl (C=O) groups is 1. The van der Waals surface area contributed by atoms with E-state index in [4.69, 9.17) is 9.15 Å². The average molecular weight is 435 g/mol. The van der Waals surface area contributed by atoms with Crippen LogP contribution < -0.4 is 9.64 Å². The number of ether oxygens (including phenoxy) is 1. The summed E-state index contributed by atoms with van der Waals surface area (Å²) in [6.07, 6.45) is 1.61. The number of hydrogen-bond acceptors (Lipinski definition) is 6. The summed E-state index contributed by atoms with van der Waals surface area (Å²) < 4.78 is 12.8. The number of rotatable bonds is 8. The molecule has 0 saturated heterocycles. The summed E-state index contributed by atoms with van der Waals surface area (Å²) in [6.45, 7) is 0.363. The molecule has 0 aliphatic rings. The molecular weight excluding hydrogens is 412 g/mol. The normalized spacial score (nSPS) is 10.8. The van der Waals surface area contributed by atoms with Gasteiger partial charge in [-0.2, -0.15) is 0 Å². The highest BCUT2D eigenvalue weighted by atomic mass is 32.2. The molecule has 2 aromatic carbocycles. The fourth-order valence-electron chi connectivity index (χ4n) is 3.20. The smallest absolute Gasteiger partial charge is 0.237 e. The first kappa shape index (κ1) is 20.7. The summed E-state index contributed by atoms with van der Waals surface area (Å²) in [5.41, 5.74) is 1.67. The van der Waals surface area contributed by atoms with E-state index in [1.165, 1.54) is 11.8 Å². The molecule has 158 valence electrons. The number of para-hydroxylation sites is 2. The zero-order chi connectivity index (χ0) is 21.6. The monoisotopic (exact) mass is 434 g/mol. The maximum Gasteiger partial charge on any atom is 0.237 e. The van der Waals surface area contributed by atoms with Crippen molar-refractivity contribution in [3.8, 4) is 17.1 Å². The quantitative estimate of drug-likeness (QED) is 0.383. The van der Waals surface area contributed by atoms with Crippen molar-refractivity contribution in [1.82, 2.24) is 14.8 Å². The minimum atomic E-state index is -0.0468. The third kappa shape index (κ3) is 4.64. The second kappa shape index (κ2) is 9.53. The van der Waals surface area contributed by atoms with Crippen LogP contribution in [0.4, 0.5) is 5.69 Å². The summed E-state index contributed by atoms with van der Waals surface area (Å²) >= 11 is 1.35. The second-order valence-electron chi connectivity index (χ2n) is 6.75. The molecule has 0 aliphatic carbocycles. The van der Waals surface area contributed by atoms with Gasteiger partial charge < -0.3 is 18.6 Å². The van der Waals surface area contributed by atoms with Crippen LogP contribution in [0.2, 0.25) is 0 Å². The van der Waals surface area contributed by atoms with Gasteiger partial charge in [0.1, 0.15) is 11.5 Å². The lowest BCUT2D eigenvalue weighted by Crippen LogP contribution is -2.31. The van der Waals surface area contributed by atoms with Crippen LogP contribution in [-0.4, -0.2) is 33.5 Å². The van der Waals surface area contributed by atoms with Gasteiger partial charge in [-0.25, -0.2) is 0 Å². The van der Waals surface area contributed by atoms with Crippen molar-refractivity contribution in [2.24, 2.45) is 7.05 Å². The van der Waals surface area contributed by atoms with Crippen LogP contribution in [0.5, 0.6) is 5.75 Å². The lowest BCUT2D eigenvalue weighted by atomic mass is 10.2. The van der Waals surface area contributed by atoms with Crippen LogP contribution in [0.15, 0.2) is 82.6 Å². The third-order valence-corrected chi connectivity index (χ3v) is 5.78. The van der Waals surface area contributed by atoms with Crippen LogP contribution in [0, 0.1) is 0 Å². The number of benzene rings is 2. The molecule has 8 heteroatoms. The second-order valence-corrected chi connectivity index (χ2v) is 7.69. The molecule has 4 aromatic rings. The molecule has 7 nitrogen and oxygen atoms in total. The lowest BCUT2D eigenvalue weighted by Gasteiger charge is -2.21. The van der Waals surface area contributed by atoms with Crippen molar-refractivity contribution in [1.29, 1.82) is 0 Å². The fraction of sp³-hybridized carbons (Fsp3) is 0.174. The topological polar surface area (TPSA) is 73.4 Å². The van der Waals surface area contributed by atoms with Crippen molar-refractivity contribution < 1.29 is 13.9 Å².